The fourth-order valence-corrected chi connectivity index (χ4v) is 2.86. The zero-order valence-corrected chi connectivity index (χ0v) is 12.5. The molecule has 0 bridgehead atoms. The van der Waals surface area contributed by atoms with E-state index in [4.69, 9.17) is 0 Å². The summed E-state index contributed by atoms with van der Waals surface area (Å²) < 4.78 is 0. The van der Waals surface area contributed by atoms with Crippen molar-refractivity contribution in [2.45, 2.75) is 19.8 Å². The van der Waals surface area contributed by atoms with Crippen LogP contribution in [0, 0.1) is 16.0 Å². The number of rotatable bonds is 6. The van der Waals surface area contributed by atoms with Gasteiger partial charge in [-0.05, 0) is 30.2 Å². The van der Waals surface area contributed by atoms with Crippen LogP contribution < -0.4 is 0 Å². The molecule has 0 saturated heterocycles. The average molecular weight is 299 g/mol. The van der Waals surface area contributed by atoms with E-state index in [1.54, 1.807) is 6.07 Å². The average Bonchev–Trinajstić information content (AvgIpc) is 2.44. The maximum Gasteiger partial charge on any atom is 0.211 e. The predicted octanol–water partition coefficient (Wildman–Crippen LogP) is 2.99. The zero-order chi connectivity index (χ0) is 16.3. The Hall–Kier alpha value is -2.56. The third-order valence-corrected chi connectivity index (χ3v) is 3.83. The summed E-state index contributed by atoms with van der Waals surface area (Å²) in [5.41, 5.74) is 0.644. The summed E-state index contributed by atoms with van der Waals surface area (Å²) in [6.45, 7) is 2.17. The van der Waals surface area contributed by atoms with E-state index in [1.165, 1.54) is 13.8 Å². The van der Waals surface area contributed by atoms with Crippen molar-refractivity contribution < 1.29 is 14.5 Å². The topological polar surface area (TPSA) is 77.3 Å². The van der Waals surface area contributed by atoms with Crippen molar-refractivity contribution in [3.05, 3.63) is 58.1 Å². The minimum Gasteiger partial charge on any atom is -0.299 e. The van der Waals surface area contributed by atoms with Crippen LogP contribution in [0.3, 0.4) is 0 Å². The van der Waals surface area contributed by atoms with Crippen molar-refractivity contribution in [2.24, 2.45) is 5.92 Å². The fraction of sp³-hybridized carbons (Fsp3) is 0.294. The Balaban J connectivity index is 2.52. The molecule has 0 spiro atoms. The second-order valence-corrected chi connectivity index (χ2v) is 5.43. The van der Waals surface area contributed by atoms with Crippen molar-refractivity contribution in [2.75, 3.05) is 6.54 Å². The number of Topliss-reactive ketones (excluding diaryl/α,β-unsaturated/α-hetero) is 2. The summed E-state index contributed by atoms with van der Waals surface area (Å²) in [7, 11) is 0. The van der Waals surface area contributed by atoms with E-state index in [2.05, 4.69) is 0 Å². The quantitative estimate of drug-likeness (QED) is 0.466. The standard InChI is InChI=1S/C17H17NO4/c1-11(19)17(12(2)20)16(10-18(21)22)15-8-7-13-5-3-4-6-14(13)9-15/h3-9,16-17H,10H2,1-2H3/t16-/m1/s1. The van der Waals surface area contributed by atoms with Gasteiger partial charge >= 0.3 is 0 Å². The van der Waals surface area contributed by atoms with Crippen molar-refractivity contribution in [3.8, 4) is 0 Å². The number of ketones is 2. The largest absolute Gasteiger partial charge is 0.299 e. The molecule has 0 aliphatic carbocycles. The molecular weight excluding hydrogens is 282 g/mol. The Labute approximate surface area is 128 Å². The molecule has 2 aromatic rings. The molecule has 0 unspecified atom stereocenters. The molecule has 0 amide bonds. The Bertz CT molecular complexity index is 724. The molecule has 0 N–H and O–H groups in total. The van der Waals surface area contributed by atoms with Crippen LogP contribution >= 0.6 is 0 Å². The lowest BCUT2D eigenvalue weighted by Crippen LogP contribution is -2.31. The van der Waals surface area contributed by atoms with E-state index >= 15 is 0 Å². The van der Waals surface area contributed by atoms with Gasteiger partial charge in [0, 0.05) is 4.92 Å². The smallest absolute Gasteiger partial charge is 0.211 e. The van der Waals surface area contributed by atoms with Crippen molar-refractivity contribution in [1.29, 1.82) is 0 Å². The van der Waals surface area contributed by atoms with Gasteiger partial charge in [-0.2, -0.15) is 0 Å². The Morgan fingerprint density at radius 1 is 1.05 bits per heavy atom. The molecule has 0 fully saturated rings. The summed E-state index contributed by atoms with van der Waals surface area (Å²) in [6.07, 6.45) is 0. The number of hydrogen-bond acceptors (Lipinski definition) is 4. The molecule has 0 aliphatic rings. The van der Waals surface area contributed by atoms with E-state index in [0.717, 1.165) is 10.8 Å². The molecule has 1 atom stereocenters. The number of carbonyl (C=O) groups is 2. The summed E-state index contributed by atoms with van der Waals surface area (Å²) in [5.74, 6) is -2.40. The van der Waals surface area contributed by atoms with Crippen LogP contribution in [0.25, 0.3) is 10.8 Å². The van der Waals surface area contributed by atoms with Gasteiger partial charge in [-0.3, -0.25) is 19.7 Å². The highest BCUT2D eigenvalue weighted by Crippen LogP contribution is 2.29. The fourth-order valence-electron chi connectivity index (χ4n) is 2.86. The van der Waals surface area contributed by atoms with Gasteiger partial charge < -0.3 is 0 Å². The molecule has 0 heterocycles. The molecular formula is C17H17NO4. The van der Waals surface area contributed by atoms with Gasteiger partial charge in [-0.15, -0.1) is 0 Å². The molecule has 0 aromatic heterocycles. The molecule has 22 heavy (non-hydrogen) atoms. The van der Waals surface area contributed by atoms with E-state index in [-0.39, 0.29) is 11.6 Å². The lowest BCUT2D eigenvalue weighted by atomic mass is 9.81. The lowest BCUT2D eigenvalue weighted by molar-refractivity contribution is -0.484. The highest BCUT2D eigenvalue weighted by Gasteiger charge is 2.34. The van der Waals surface area contributed by atoms with Crippen LogP contribution in [0.1, 0.15) is 25.3 Å². The number of carbonyl (C=O) groups excluding carboxylic acids is 2. The monoisotopic (exact) mass is 299 g/mol. The molecule has 0 radical (unpaired) electrons. The van der Waals surface area contributed by atoms with Gasteiger partial charge in [0.25, 0.3) is 0 Å². The Kier molecular flexibility index (Phi) is 4.65. The van der Waals surface area contributed by atoms with E-state index in [1.807, 2.05) is 36.4 Å². The van der Waals surface area contributed by atoms with Gasteiger partial charge in [0.05, 0.1) is 11.8 Å². The molecule has 5 heteroatoms. The molecule has 0 saturated carbocycles. The van der Waals surface area contributed by atoms with Gasteiger partial charge in [0.2, 0.25) is 6.54 Å². The molecule has 2 aromatic carbocycles. The maximum absolute atomic E-state index is 11.8. The first-order valence-electron chi connectivity index (χ1n) is 7.01. The SMILES string of the molecule is CC(=O)C(C(C)=O)[C@H](C[N+](=O)[O-])c1ccc2ccccc2c1. The van der Waals surface area contributed by atoms with Gasteiger partial charge in [-0.25, -0.2) is 0 Å². The van der Waals surface area contributed by atoms with E-state index in [9.17, 15) is 19.7 Å². The van der Waals surface area contributed by atoms with Crippen molar-refractivity contribution in [3.63, 3.8) is 0 Å². The van der Waals surface area contributed by atoms with E-state index in [0.29, 0.717) is 5.56 Å². The first-order chi connectivity index (χ1) is 10.4. The molecule has 5 nitrogen and oxygen atoms in total. The summed E-state index contributed by atoms with van der Waals surface area (Å²) >= 11 is 0. The first kappa shape index (κ1) is 15.8. The third kappa shape index (κ3) is 3.36. The Morgan fingerprint density at radius 2 is 1.64 bits per heavy atom. The second kappa shape index (κ2) is 6.47. The highest BCUT2D eigenvalue weighted by atomic mass is 16.6. The highest BCUT2D eigenvalue weighted by molar-refractivity contribution is 6.01. The molecule has 0 aliphatic heterocycles. The number of hydrogen-bond donors (Lipinski definition) is 0. The van der Waals surface area contributed by atoms with Crippen LogP contribution in [0.5, 0.6) is 0 Å². The first-order valence-corrected chi connectivity index (χ1v) is 7.01. The van der Waals surface area contributed by atoms with Crippen molar-refractivity contribution in [1.82, 2.24) is 0 Å². The van der Waals surface area contributed by atoms with Gasteiger partial charge in [-0.1, -0.05) is 42.5 Å². The molecule has 114 valence electrons. The summed E-state index contributed by atoms with van der Waals surface area (Å²) in [6, 6.07) is 13.1. The van der Waals surface area contributed by atoms with Gasteiger partial charge in [0.1, 0.15) is 11.6 Å². The van der Waals surface area contributed by atoms with Crippen molar-refractivity contribution >= 4 is 22.3 Å². The zero-order valence-electron chi connectivity index (χ0n) is 12.5. The van der Waals surface area contributed by atoms with Crippen LogP contribution in [-0.4, -0.2) is 23.0 Å². The summed E-state index contributed by atoms with van der Waals surface area (Å²) in [5, 5.41) is 12.9. The van der Waals surface area contributed by atoms with Gasteiger partial charge in [0.15, 0.2) is 0 Å². The normalized spacial score (nSPS) is 12.3. The number of benzene rings is 2. The lowest BCUT2D eigenvalue weighted by Gasteiger charge is -2.20. The predicted molar refractivity (Wildman–Crippen MR) is 83.4 cm³/mol. The van der Waals surface area contributed by atoms with Crippen LogP contribution in [0.2, 0.25) is 0 Å². The van der Waals surface area contributed by atoms with Crippen LogP contribution in [0.4, 0.5) is 0 Å². The minimum atomic E-state index is -0.980. The Morgan fingerprint density at radius 3 is 2.18 bits per heavy atom. The number of nitro groups is 1. The van der Waals surface area contributed by atoms with Crippen LogP contribution in [0.15, 0.2) is 42.5 Å². The number of fused-ring (bicyclic) bond motifs is 1. The number of nitrogens with zero attached hydrogens (tertiary/aromatic N) is 1. The third-order valence-electron chi connectivity index (χ3n) is 3.83. The second-order valence-electron chi connectivity index (χ2n) is 5.43. The maximum atomic E-state index is 11.8. The van der Waals surface area contributed by atoms with E-state index < -0.39 is 23.3 Å². The minimum absolute atomic E-state index is 0.340. The summed E-state index contributed by atoms with van der Waals surface area (Å²) in [4.78, 5) is 34.1. The molecule has 2 rings (SSSR count). The van der Waals surface area contributed by atoms with Crippen LogP contribution in [-0.2, 0) is 9.59 Å².